The molecule has 754 valence electrons. The van der Waals surface area contributed by atoms with Gasteiger partial charge in [0.05, 0.1) is 30.5 Å². The van der Waals surface area contributed by atoms with Crippen LogP contribution in [0.5, 0.6) is 0 Å². The number of unbranched alkanes of at least 4 members (excludes halogenated alkanes) is 4. The summed E-state index contributed by atoms with van der Waals surface area (Å²) >= 11 is 1.84. The highest BCUT2D eigenvalue weighted by Crippen LogP contribution is 2.34. The van der Waals surface area contributed by atoms with Gasteiger partial charge in [0.1, 0.15) is 60.4 Å². The molecule has 4 heterocycles. The van der Waals surface area contributed by atoms with E-state index < -0.39 is 190 Å². The second-order valence-corrected chi connectivity index (χ2v) is 41.3. The molecule has 1 unspecified atom stereocenters. The molecule has 3 saturated heterocycles. The van der Waals surface area contributed by atoms with Crippen molar-refractivity contribution in [2.45, 2.75) is 322 Å². The average Bonchev–Trinajstić information content (AvgIpc) is 1.74. The minimum Gasteiger partial charge on any atom is -0.390 e. The van der Waals surface area contributed by atoms with Crippen molar-refractivity contribution in [2.24, 2.45) is 46.6 Å². The van der Waals surface area contributed by atoms with Crippen molar-refractivity contribution in [1.29, 1.82) is 0 Å². The van der Waals surface area contributed by atoms with E-state index in [1.165, 1.54) is 93.7 Å². The SMILES string of the molecule is CC[C@@H]1NC(=O)C([C@H](O)[C@H](C)C/C=N/OCC(=O)NCCCC(=O)NCCCCNC(=O)CCS(=O)(=O)c2nnnn2CCCCCNC(=O)CCCC[C@@H]2SC[C@@H]3NC(=O)N[C@@H]32)N(C)C(=O)[C@H](C(C)C)N(C)C(=O)[C@H](CC(C)C)N(C)C(=O)[C@H](CC(C)C)N(C)C(=O)[C@@H](C)NC(=O)[C@H](C)NC(=O)[C@H](CC(C)C)N(C)C(=O)[C@H](C(C)C)NC(=O)[C@H](CC(C)C)N(C)C(=O)CN(C)C1=O. The zero-order valence-corrected chi connectivity index (χ0v) is 84.3. The van der Waals surface area contributed by atoms with Gasteiger partial charge in [0.15, 0.2) is 6.61 Å². The third kappa shape index (κ3) is 36.7. The van der Waals surface area contributed by atoms with Crippen molar-refractivity contribution in [3.8, 4) is 0 Å². The quantitative estimate of drug-likeness (QED) is 0.0191. The van der Waals surface area contributed by atoms with Gasteiger partial charge >= 0.3 is 6.03 Å². The molecule has 0 aliphatic carbocycles. The molecular formula is C89H156N22O20S2. The normalized spacial score (nSPS) is 24.0. The number of aliphatic hydroxyl groups is 1. The largest absolute Gasteiger partial charge is 0.390 e. The van der Waals surface area contributed by atoms with Gasteiger partial charge in [-0.1, -0.05) is 114 Å². The van der Waals surface area contributed by atoms with E-state index in [0.717, 1.165) is 39.7 Å². The first-order chi connectivity index (χ1) is 62.4. The lowest BCUT2D eigenvalue weighted by Gasteiger charge is -2.41. The molecule has 44 heteroatoms. The number of aliphatic hydroxyl groups excluding tert-OH is 1. The number of thioether (sulfide) groups is 1. The van der Waals surface area contributed by atoms with Crippen LogP contribution in [-0.4, -0.2) is 353 Å². The number of aryl methyl sites for hydroxylation is 1. The number of fused-ring (bicyclic) bond motifs is 1. The predicted octanol–water partition coefficient (Wildman–Crippen LogP) is 1.47. The Bertz CT molecular complexity index is 4190. The smallest absolute Gasteiger partial charge is 0.315 e. The number of nitrogens with one attached hydrogen (secondary N) is 10. The lowest BCUT2D eigenvalue weighted by atomic mass is 9.91. The van der Waals surface area contributed by atoms with Crippen LogP contribution in [0.4, 0.5) is 4.79 Å². The van der Waals surface area contributed by atoms with Gasteiger partial charge < -0.3 is 97.4 Å². The number of likely N-dealkylation sites (N-methyl/N-ethyl adjacent to an activating group) is 7. The minimum absolute atomic E-state index is 0.0340. The molecule has 0 aromatic carbocycles. The molecular weight excluding hydrogens is 1760 g/mol. The average molecular weight is 1920 g/mol. The topological polar surface area (TPSA) is 536 Å². The van der Waals surface area contributed by atoms with Crippen molar-refractivity contribution in [3.05, 3.63) is 0 Å². The van der Waals surface area contributed by atoms with Gasteiger partial charge in [0.2, 0.25) is 92.5 Å². The molecule has 15 atom stereocenters. The summed E-state index contributed by atoms with van der Waals surface area (Å²) in [6.45, 7) is 27.4. The van der Waals surface area contributed by atoms with Gasteiger partial charge in [-0.2, -0.15) is 11.8 Å². The molecule has 0 saturated carbocycles. The van der Waals surface area contributed by atoms with Crippen molar-refractivity contribution in [1.82, 2.24) is 108 Å². The molecule has 133 heavy (non-hydrogen) atoms. The highest BCUT2D eigenvalue weighted by Gasteiger charge is 2.47. The van der Waals surface area contributed by atoms with Gasteiger partial charge in [-0.25, -0.2) is 17.9 Å². The molecule has 1 aromatic heterocycles. The number of sulfone groups is 1. The lowest BCUT2D eigenvalue weighted by Crippen LogP contribution is -2.63. The second-order valence-electron chi connectivity index (χ2n) is 38.0. The Kier molecular flexibility index (Phi) is 49.0. The summed E-state index contributed by atoms with van der Waals surface area (Å²) in [7, 11) is 5.54. The number of nitrogens with zero attached hydrogens (tertiary/aromatic N) is 12. The van der Waals surface area contributed by atoms with Crippen LogP contribution in [0.2, 0.25) is 0 Å². The third-order valence-electron chi connectivity index (χ3n) is 24.1. The van der Waals surface area contributed by atoms with E-state index in [1.807, 2.05) is 67.2 Å². The van der Waals surface area contributed by atoms with Crippen LogP contribution in [0, 0.1) is 41.4 Å². The molecule has 3 aliphatic heterocycles. The van der Waals surface area contributed by atoms with Crippen LogP contribution in [0.15, 0.2) is 10.3 Å². The van der Waals surface area contributed by atoms with E-state index >= 15 is 19.2 Å². The zero-order valence-electron chi connectivity index (χ0n) is 82.7. The minimum atomic E-state index is -4.02. The molecule has 11 N–H and O–H groups in total. The summed E-state index contributed by atoms with van der Waals surface area (Å²) < 4.78 is 27.6. The van der Waals surface area contributed by atoms with E-state index in [-0.39, 0.29) is 143 Å². The maximum atomic E-state index is 15.5. The maximum Gasteiger partial charge on any atom is 0.315 e. The molecule has 0 radical (unpaired) electrons. The number of hydrogen-bond acceptors (Lipinski definition) is 25. The summed E-state index contributed by atoms with van der Waals surface area (Å²) in [6.07, 6.45) is 5.39. The molecule has 17 amide bonds. The zero-order chi connectivity index (χ0) is 100. The Hall–Kier alpha value is -9.88. The van der Waals surface area contributed by atoms with Gasteiger partial charge in [0.25, 0.3) is 11.1 Å². The van der Waals surface area contributed by atoms with Gasteiger partial charge in [-0.15, -0.1) is 0 Å². The summed E-state index contributed by atoms with van der Waals surface area (Å²) in [6, 6.07) is -13.1. The number of hydrogen-bond donors (Lipinski definition) is 11. The fourth-order valence-electron chi connectivity index (χ4n) is 16.1. The number of urea groups is 1. The van der Waals surface area contributed by atoms with Crippen LogP contribution < -0.4 is 53.2 Å². The Morgan fingerprint density at radius 2 is 1.02 bits per heavy atom. The van der Waals surface area contributed by atoms with Crippen molar-refractivity contribution in [3.63, 3.8) is 0 Å². The van der Waals surface area contributed by atoms with Gasteiger partial charge in [-0.3, -0.25) is 71.9 Å². The molecule has 4 rings (SSSR count). The molecule has 0 bridgehead atoms. The fraction of sp³-hybridized carbons (Fsp3) is 0.798. The van der Waals surface area contributed by atoms with Crippen LogP contribution >= 0.6 is 11.8 Å². The monoisotopic (exact) mass is 1920 g/mol. The molecule has 1 aromatic rings. The number of oxime groups is 1. The van der Waals surface area contributed by atoms with Crippen LogP contribution in [0.25, 0.3) is 0 Å². The van der Waals surface area contributed by atoms with Crippen molar-refractivity contribution in [2.75, 3.05) is 100 Å². The number of rotatable bonds is 42. The van der Waals surface area contributed by atoms with E-state index in [9.17, 15) is 71.1 Å². The van der Waals surface area contributed by atoms with Crippen LogP contribution in [-0.2, 0) is 93.1 Å². The number of tetrazole rings is 1. The van der Waals surface area contributed by atoms with Crippen molar-refractivity contribution >= 4 is 122 Å². The second kappa shape index (κ2) is 56.5. The van der Waals surface area contributed by atoms with E-state index in [2.05, 4.69) is 73.8 Å². The molecule has 3 fully saturated rings. The first-order valence-corrected chi connectivity index (χ1v) is 49.7. The first kappa shape index (κ1) is 115. The lowest BCUT2D eigenvalue weighted by molar-refractivity contribution is -0.157. The molecule has 3 aliphatic rings. The maximum absolute atomic E-state index is 15.5. The Morgan fingerprint density at radius 1 is 0.519 bits per heavy atom. The number of carbonyl (C=O) groups is 16. The predicted molar refractivity (Wildman–Crippen MR) is 501 cm³/mol. The van der Waals surface area contributed by atoms with Crippen LogP contribution in [0.3, 0.4) is 0 Å². The highest BCUT2D eigenvalue weighted by atomic mass is 32.2. The number of carbonyl (C=O) groups excluding carboxylic acids is 16. The Labute approximate surface area is 789 Å². The standard InChI is InChI=1S/C89H156N22O20S2/c1-24-61-83(123)104(17)49-72(116)105(18)63(45-52(2)3)80(120)99-73(56(10)11)86(126)106(19)64(46-53(4)5)79(119)95-59(15)78(118)96-60(16)82(122)107(20)65(47-54(6)7)84(124)108(21)66(48-55(8)9)85(125)109(22)75(57(12)13)87(127)110(23)76(81(121)97-61)77(117)58(14)36-42-94-131-50-71(115)93-41-32-35-69(113)91-39-29-30-40-92-70(114)37-44-133(129,130)89-101-102-103-111(89)43-31-25-28-38-90-68(112)34-27-26-33-67-74-62(51-132-67)98-88(128)100-74/h42,52-67,73-77,117H,24-41,43-51H2,1-23H3,(H,90,112)(H,91,113)(H,92,114)(H,93,115)(H,95,119)(H,96,118)(H,97,121)(H,99,120)(H2,98,100,128)/b94-42+/t58-,59+,60-,61+,62+,63+,64+,65+,66+,67+,73+,74+,75+,76?,77-/m1/s1. The Balaban J connectivity index is 1.43. The fourth-order valence-corrected chi connectivity index (χ4v) is 18.9. The van der Waals surface area contributed by atoms with E-state index in [1.54, 1.807) is 41.5 Å². The molecule has 0 spiro atoms. The summed E-state index contributed by atoms with van der Waals surface area (Å²) in [5.41, 5.74) is 0. The molecule has 42 nitrogen and oxygen atoms in total. The van der Waals surface area contributed by atoms with Crippen molar-refractivity contribution < 1.29 is 95.1 Å². The van der Waals surface area contributed by atoms with Crippen LogP contribution in [0.1, 0.15) is 226 Å². The van der Waals surface area contributed by atoms with E-state index in [4.69, 9.17) is 4.84 Å². The summed E-state index contributed by atoms with van der Waals surface area (Å²) in [5.74, 6) is -12.4. The van der Waals surface area contributed by atoms with Gasteiger partial charge in [-0.05, 0) is 156 Å². The van der Waals surface area contributed by atoms with E-state index in [0.29, 0.717) is 50.3 Å². The third-order valence-corrected chi connectivity index (χ3v) is 27.2. The first-order valence-electron chi connectivity index (χ1n) is 47.0. The van der Waals surface area contributed by atoms with Gasteiger partial charge in [0, 0.05) is 119 Å². The number of aromatic nitrogens is 4. The summed E-state index contributed by atoms with van der Waals surface area (Å²) in [4.78, 5) is 238. The summed E-state index contributed by atoms with van der Waals surface area (Å²) in [5, 5.41) is 55.4. The highest BCUT2D eigenvalue weighted by molar-refractivity contribution is 8.00. The Morgan fingerprint density at radius 3 is 1.58 bits per heavy atom. The number of amides is 17.